The minimum absolute atomic E-state index is 0.0797. The van der Waals surface area contributed by atoms with E-state index >= 15 is 0 Å². The molecule has 0 spiro atoms. The molecule has 150 valence electrons. The van der Waals surface area contributed by atoms with Gasteiger partial charge < -0.3 is 14.4 Å². The van der Waals surface area contributed by atoms with E-state index in [1.807, 2.05) is 30.3 Å². The van der Waals surface area contributed by atoms with Crippen LogP contribution in [0.3, 0.4) is 0 Å². The van der Waals surface area contributed by atoms with Gasteiger partial charge in [0.05, 0.1) is 19.4 Å². The molecule has 1 atom stereocenters. The van der Waals surface area contributed by atoms with Gasteiger partial charge in [0.1, 0.15) is 23.9 Å². The number of benzene rings is 2. The van der Waals surface area contributed by atoms with Crippen LogP contribution in [-0.4, -0.2) is 53.9 Å². The zero-order valence-electron chi connectivity index (χ0n) is 16.3. The number of ether oxygens (including phenoxy) is 2. The summed E-state index contributed by atoms with van der Waals surface area (Å²) >= 11 is 0. The monoisotopic (exact) mass is 403 g/mol. The number of amides is 1. The van der Waals surface area contributed by atoms with E-state index < -0.39 is 10.8 Å². The quantitative estimate of drug-likeness (QED) is 0.571. The van der Waals surface area contributed by atoms with Crippen molar-refractivity contribution in [1.29, 1.82) is 0 Å². The summed E-state index contributed by atoms with van der Waals surface area (Å²) in [6.45, 7) is 2.22. The molecular formula is C21H25NO5S. The van der Waals surface area contributed by atoms with Gasteiger partial charge >= 0.3 is 0 Å². The maximum absolute atomic E-state index is 12.5. The van der Waals surface area contributed by atoms with E-state index in [1.165, 1.54) is 18.9 Å². The van der Waals surface area contributed by atoms with E-state index in [1.54, 1.807) is 25.2 Å². The minimum Gasteiger partial charge on any atom is -0.496 e. The highest BCUT2D eigenvalue weighted by Crippen LogP contribution is 2.22. The standard InChI is InChI=1S/C21H25NO5S/c1-16(23)17-9-10-20(26-3)18(13-17)14-28(25)15-21(24)22(2)11-12-27-19-7-5-4-6-8-19/h4-10,13H,11-12,14-15H2,1-3H3/t28-/m1/s1. The molecule has 0 N–H and O–H groups in total. The number of nitrogens with zero attached hydrogens (tertiary/aromatic N) is 1. The summed E-state index contributed by atoms with van der Waals surface area (Å²) in [6, 6.07) is 14.4. The number of carbonyl (C=O) groups excluding carboxylic acids is 2. The van der Waals surface area contributed by atoms with Gasteiger partial charge in [-0.25, -0.2) is 0 Å². The molecule has 0 aliphatic heterocycles. The molecule has 0 bridgehead atoms. The summed E-state index contributed by atoms with van der Waals surface area (Å²) in [5, 5.41) is 0. The Kier molecular flexibility index (Phi) is 8.19. The Morgan fingerprint density at radius 3 is 2.46 bits per heavy atom. The summed E-state index contributed by atoms with van der Waals surface area (Å²) in [6.07, 6.45) is 0. The summed E-state index contributed by atoms with van der Waals surface area (Å²) in [4.78, 5) is 25.4. The SMILES string of the molecule is COc1ccc(C(C)=O)cc1C[S@@](=O)CC(=O)N(C)CCOc1ccccc1. The lowest BCUT2D eigenvalue weighted by Crippen LogP contribution is -2.34. The second kappa shape index (κ2) is 10.6. The second-order valence-corrected chi connectivity index (χ2v) is 7.75. The largest absolute Gasteiger partial charge is 0.496 e. The Morgan fingerprint density at radius 2 is 1.82 bits per heavy atom. The molecule has 1 amide bonds. The molecule has 28 heavy (non-hydrogen) atoms. The van der Waals surface area contributed by atoms with Crippen molar-refractivity contribution in [2.75, 3.05) is 33.1 Å². The molecule has 0 heterocycles. The average molecular weight is 404 g/mol. The van der Waals surface area contributed by atoms with Crippen molar-refractivity contribution in [3.63, 3.8) is 0 Å². The number of para-hydroxylation sites is 1. The van der Waals surface area contributed by atoms with Crippen LogP contribution in [0.5, 0.6) is 11.5 Å². The highest BCUT2D eigenvalue weighted by molar-refractivity contribution is 7.84. The summed E-state index contributed by atoms with van der Waals surface area (Å²) < 4.78 is 23.3. The van der Waals surface area contributed by atoms with Crippen molar-refractivity contribution in [1.82, 2.24) is 4.90 Å². The molecule has 0 radical (unpaired) electrons. The van der Waals surface area contributed by atoms with Gasteiger partial charge in [0.25, 0.3) is 0 Å². The van der Waals surface area contributed by atoms with Crippen molar-refractivity contribution in [2.24, 2.45) is 0 Å². The van der Waals surface area contributed by atoms with Gasteiger partial charge in [0.15, 0.2) is 5.78 Å². The van der Waals surface area contributed by atoms with Gasteiger partial charge in [0.2, 0.25) is 5.91 Å². The van der Waals surface area contributed by atoms with Gasteiger partial charge in [-0.2, -0.15) is 0 Å². The summed E-state index contributed by atoms with van der Waals surface area (Å²) in [7, 11) is 1.75. The lowest BCUT2D eigenvalue weighted by molar-refractivity contribution is -0.127. The smallest absolute Gasteiger partial charge is 0.235 e. The topological polar surface area (TPSA) is 72.9 Å². The molecule has 2 rings (SSSR count). The Hall–Kier alpha value is -2.67. The third-order valence-corrected chi connectivity index (χ3v) is 5.35. The van der Waals surface area contributed by atoms with Gasteiger partial charge in [-0.3, -0.25) is 13.8 Å². The van der Waals surface area contributed by atoms with Crippen LogP contribution in [0.15, 0.2) is 48.5 Å². The maximum atomic E-state index is 12.5. The normalized spacial score (nSPS) is 11.5. The number of carbonyl (C=O) groups is 2. The van der Waals surface area contributed by atoms with Crippen LogP contribution in [0.2, 0.25) is 0 Å². The van der Waals surface area contributed by atoms with E-state index in [4.69, 9.17) is 9.47 Å². The fourth-order valence-corrected chi connectivity index (χ4v) is 3.69. The zero-order chi connectivity index (χ0) is 20.5. The number of Topliss-reactive ketones (excluding diaryl/α,β-unsaturated/α-hetero) is 1. The van der Waals surface area contributed by atoms with Gasteiger partial charge in [0, 0.05) is 29.0 Å². The lowest BCUT2D eigenvalue weighted by Gasteiger charge is -2.17. The van der Waals surface area contributed by atoms with Crippen LogP contribution in [-0.2, 0) is 21.3 Å². The van der Waals surface area contributed by atoms with Crippen LogP contribution < -0.4 is 9.47 Å². The van der Waals surface area contributed by atoms with Crippen LogP contribution in [0.25, 0.3) is 0 Å². The third kappa shape index (κ3) is 6.49. The first-order valence-electron chi connectivity index (χ1n) is 8.85. The Morgan fingerprint density at radius 1 is 1.11 bits per heavy atom. The molecule has 0 fully saturated rings. The first-order valence-corrected chi connectivity index (χ1v) is 10.3. The zero-order valence-corrected chi connectivity index (χ0v) is 17.2. The Labute approximate surface area is 167 Å². The van der Waals surface area contributed by atoms with Gasteiger partial charge in [-0.15, -0.1) is 0 Å². The van der Waals surface area contributed by atoms with Crippen molar-refractivity contribution >= 4 is 22.5 Å². The molecule has 6 nitrogen and oxygen atoms in total. The number of hydrogen-bond acceptors (Lipinski definition) is 5. The number of ketones is 1. The van der Waals surface area contributed by atoms with Crippen molar-refractivity contribution in [3.05, 3.63) is 59.7 Å². The van der Waals surface area contributed by atoms with Crippen LogP contribution in [0.1, 0.15) is 22.8 Å². The summed E-state index contributed by atoms with van der Waals surface area (Å²) in [5.41, 5.74) is 1.17. The molecule has 7 heteroatoms. The van der Waals surface area contributed by atoms with Gasteiger partial charge in [-0.05, 0) is 37.3 Å². The molecule has 0 aliphatic carbocycles. The summed E-state index contributed by atoms with van der Waals surface area (Å²) in [5.74, 6) is 1.03. The number of methoxy groups -OCH3 is 1. The lowest BCUT2D eigenvalue weighted by atomic mass is 10.1. The van der Waals surface area contributed by atoms with Crippen molar-refractivity contribution in [2.45, 2.75) is 12.7 Å². The van der Waals surface area contributed by atoms with E-state index in [-0.39, 0.29) is 23.2 Å². The number of hydrogen-bond donors (Lipinski definition) is 0. The number of rotatable bonds is 10. The number of likely N-dealkylation sites (N-methyl/N-ethyl adjacent to an activating group) is 1. The molecule has 0 unspecified atom stereocenters. The Bertz CT molecular complexity index is 838. The second-order valence-electron chi connectivity index (χ2n) is 6.29. The van der Waals surface area contributed by atoms with Gasteiger partial charge in [-0.1, -0.05) is 18.2 Å². The first kappa shape index (κ1) is 21.6. The Balaban J connectivity index is 1.87. The molecule has 0 saturated carbocycles. The predicted molar refractivity (Wildman–Crippen MR) is 109 cm³/mol. The van der Waals surface area contributed by atoms with E-state index in [0.29, 0.717) is 30.0 Å². The molecule has 0 saturated heterocycles. The van der Waals surface area contributed by atoms with Crippen molar-refractivity contribution < 1.29 is 23.3 Å². The molecule has 0 aliphatic rings. The highest BCUT2D eigenvalue weighted by atomic mass is 32.2. The highest BCUT2D eigenvalue weighted by Gasteiger charge is 2.16. The fourth-order valence-electron chi connectivity index (χ4n) is 2.52. The molecule has 0 aromatic heterocycles. The fraction of sp³-hybridized carbons (Fsp3) is 0.333. The average Bonchev–Trinajstić information content (AvgIpc) is 2.68. The van der Waals surface area contributed by atoms with Crippen LogP contribution >= 0.6 is 0 Å². The maximum Gasteiger partial charge on any atom is 0.235 e. The van der Waals surface area contributed by atoms with Crippen molar-refractivity contribution in [3.8, 4) is 11.5 Å². The predicted octanol–water partition coefficient (Wildman–Crippen LogP) is 2.68. The van der Waals surface area contributed by atoms with E-state index in [2.05, 4.69) is 0 Å². The minimum atomic E-state index is -1.42. The molecule has 2 aromatic carbocycles. The third-order valence-electron chi connectivity index (χ3n) is 4.15. The van der Waals surface area contributed by atoms with E-state index in [0.717, 1.165) is 5.75 Å². The molecule has 2 aromatic rings. The van der Waals surface area contributed by atoms with E-state index in [9.17, 15) is 13.8 Å². The van der Waals surface area contributed by atoms with Crippen LogP contribution in [0.4, 0.5) is 0 Å². The molecular weight excluding hydrogens is 378 g/mol. The van der Waals surface area contributed by atoms with Crippen LogP contribution in [0, 0.1) is 0 Å². The first-order chi connectivity index (χ1) is 13.4.